The molecule has 2 atom stereocenters. The summed E-state index contributed by atoms with van der Waals surface area (Å²) in [6.45, 7) is 4.33. The van der Waals surface area contributed by atoms with Gasteiger partial charge in [-0.25, -0.2) is 14.4 Å². The molecular weight excluding hydrogens is 363 g/mol. The molecule has 9 heteroatoms. The highest BCUT2D eigenvalue weighted by Gasteiger charge is 2.38. The molecule has 0 radical (unpaired) electrons. The molecule has 8 nitrogen and oxygen atoms in total. The molecule has 3 aliphatic heterocycles. The quantitative estimate of drug-likeness (QED) is 0.729. The number of halogens is 1. The fraction of sp³-hybridized carbons (Fsp3) is 0.684. The van der Waals surface area contributed by atoms with Crippen molar-refractivity contribution in [3.05, 3.63) is 18.5 Å². The summed E-state index contributed by atoms with van der Waals surface area (Å²) in [5.74, 6) is 0.728. The molecule has 1 aromatic rings. The Kier molecular flexibility index (Phi) is 5.70. The average molecular weight is 390 g/mol. The Bertz CT molecular complexity index is 697. The van der Waals surface area contributed by atoms with Crippen LogP contribution in [0.1, 0.15) is 19.3 Å². The second-order valence-electron chi connectivity index (χ2n) is 7.72. The first-order chi connectivity index (χ1) is 13.6. The molecule has 4 rings (SSSR count). The molecule has 2 amide bonds. The third kappa shape index (κ3) is 4.09. The van der Waals surface area contributed by atoms with Crippen molar-refractivity contribution in [3.8, 4) is 0 Å². The average Bonchev–Trinajstić information content (AvgIpc) is 3.37. The summed E-state index contributed by atoms with van der Waals surface area (Å²) in [6, 6.07) is 1.50. The highest BCUT2D eigenvalue weighted by atomic mass is 19.1. The number of hydrogen-bond donors (Lipinski definition) is 0. The van der Waals surface area contributed by atoms with Crippen LogP contribution in [0, 0.1) is 0 Å². The number of amides is 2. The van der Waals surface area contributed by atoms with Gasteiger partial charge in [0.15, 0.2) is 0 Å². The normalized spacial score (nSPS) is 26.1. The molecule has 3 fully saturated rings. The van der Waals surface area contributed by atoms with Crippen molar-refractivity contribution in [2.75, 3.05) is 57.3 Å². The van der Waals surface area contributed by atoms with Crippen LogP contribution in [0.25, 0.3) is 0 Å². The predicted octanol–water partition coefficient (Wildman–Crippen LogP) is 0.160. The van der Waals surface area contributed by atoms with E-state index in [2.05, 4.69) is 14.9 Å². The number of alkyl halides is 1. The van der Waals surface area contributed by atoms with E-state index < -0.39 is 6.17 Å². The van der Waals surface area contributed by atoms with Crippen molar-refractivity contribution >= 4 is 17.8 Å². The molecule has 0 bridgehead atoms. The van der Waals surface area contributed by atoms with Gasteiger partial charge in [0.1, 0.15) is 6.17 Å². The van der Waals surface area contributed by atoms with Gasteiger partial charge in [0.25, 0.3) is 0 Å². The van der Waals surface area contributed by atoms with Gasteiger partial charge in [-0.15, -0.1) is 0 Å². The zero-order valence-corrected chi connectivity index (χ0v) is 16.0. The molecule has 0 spiro atoms. The number of aromatic nitrogens is 2. The van der Waals surface area contributed by atoms with Gasteiger partial charge < -0.3 is 14.7 Å². The summed E-state index contributed by atoms with van der Waals surface area (Å²) >= 11 is 0. The third-order valence-electron chi connectivity index (χ3n) is 5.90. The maximum atomic E-state index is 13.4. The molecule has 28 heavy (non-hydrogen) atoms. The summed E-state index contributed by atoms with van der Waals surface area (Å²) in [6.07, 6.45) is 4.60. The summed E-state index contributed by atoms with van der Waals surface area (Å²) < 4.78 is 13.4. The second-order valence-corrected chi connectivity index (χ2v) is 7.72. The molecule has 0 aliphatic carbocycles. The SMILES string of the molecule is O=C(CN1CCCC1C(=O)N1CCC(F)C1)N1CCN(c2ncccn2)CC1. The molecule has 0 aromatic carbocycles. The first-order valence-corrected chi connectivity index (χ1v) is 10.1. The minimum absolute atomic E-state index is 0.0171. The Morgan fingerprint density at radius 1 is 1.00 bits per heavy atom. The number of hydrogen-bond acceptors (Lipinski definition) is 6. The van der Waals surface area contributed by atoms with Crippen molar-refractivity contribution in [2.45, 2.75) is 31.5 Å². The fourth-order valence-corrected chi connectivity index (χ4v) is 4.31. The van der Waals surface area contributed by atoms with Gasteiger partial charge in [0, 0.05) is 45.1 Å². The summed E-state index contributed by atoms with van der Waals surface area (Å²) in [7, 11) is 0. The van der Waals surface area contributed by atoms with Gasteiger partial charge in [-0.05, 0) is 31.9 Å². The zero-order valence-electron chi connectivity index (χ0n) is 16.0. The van der Waals surface area contributed by atoms with Gasteiger partial charge in [-0.1, -0.05) is 0 Å². The number of nitrogens with zero attached hydrogens (tertiary/aromatic N) is 6. The van der Waals surface area contributed by atoms with Crippen LogP contribution in [0.2, 0.25) is 0 Å². The van der Waals surface area contributed by atoms with Crippen LogP contribution in [0.5, 0.6) is 0 Å². The number of rotatable bonds is 4. The van der Waals surface area contributed by atoms with Crippen LogP contribution in [-0.4, -0.2) is 101 Å². The van der Waals surface area contributed by atoms with Crippen LogP contribution in [0.4, 0.5) is 10.3 Å². The van der Waals surface area contributed by atoms with E-state index in [1.165, 1.54) is 0 Å². The molecule has 0 N–H and O–H groups in total. The first kappa shape index (κ1) is 19.0. The second kappa shape index (κ2) is 8.38. The maximum absolute atomic E-state index is 13.4. The molecule has 3 aliphatic rings. The maximum Gasteiger partial charge on any atom is 0.240 e. The lowest BCUT2D eigenvalue weighted by Gasteiger charge is -2.36. The van der Waals surface area contributed by atoms with E-state index in [1.54, 1.807) is 23.4 Å². The largest absolute Gasteiger partial charge is 0.338 e. The molecule has 2 unspecified atom stereocenters. The van der Waals surface area contributed by atoms with Crippen molar-refractivity contribution in [3.63, 3.8) is 0 Å². The number of likely N-dealkylation sites (tertiary alicyclic amines) is 2. The summed E-state index contributed by atoms with van der Waals surface area (Å²) in [5.41, 5.74) is 0. The molecule has 4 heterocycles. The van der Waals surface area contributed by atoms with Gasteiger partial charge in [0.05, 0.1) is 19.1 Å². The van der Waals surface area contributed by atoms with Gasteiger partial charge >= 0.3 is 0 Å². The monoisotopic (exact) mass is 390 g/mol. The Balaban J connectivity index is 1.29. The smallest absolute Gasteiger partial charge is 0.240 e. The van der Waals surface area contributed by atoms with Crippen molar-refractivity contribution in [1.29, 1.82) is 0 Å². The minimum Gasteiger partial charge on any atom is -0.338 e. The Hall–Kier alpha value is -2.29. The van der Waals surface area contributed by atoms with Crippen molar-refractivity contribution in [1.82, 2.24) is 24.7 Å². The van der Waals surface area contributed by atoms with Crippen LogP contribution in [-0.2, 0) is 9.59 Å². The van der Waals surface area contributed by atoms with E-state index >= 15 is 0 Å². The Labute approximate surface area is 164 Å². The van der Waals surface area contributed by atoms with Crippen molar-refractivity contribution < 1.29 is 14.0 Å². The van der Waals surface area contributed by atoms with Gasteiger partial charge in [0.2, 0.25) is 17.8 Å². The zero-order chi connectivity index (χ0) is 19.5. The lowest BCUT2D eigenvalue weighted by Crippen LogP contribution is -2.53. The van der Waals surface area contributed by atoms with E-state index in [-0.39, 0.29) is 30.9 Å². The minimum atomic E-state index is -0.912. The van der Waals surface area contributed by atoms with Crippen LogP contribution in [0.3, 0.4) is 0 Å². The molecule has 1 aromatic heterocycles. The van der Waals surface area contributed by atoms with Gasteiger partial charge in [-0.2, -0.15) is 0 Å². The standard InChI is InChI=1S/C19H27FN6O2/c20-15-4-8-26(13-15)18(28)16-3-1-7-25(16)14-17(27)23-9-11-24(12-10-23)19-21-5-2-6-22-19/h2,5-6,15-16H,1,3-4,7-14H2. The van der Waals surface area contributed by atoms with Crippen LogP contribution in [0.15, 0.2) is 18.5 Å². The number of carbonyl (C=O) groups is 2. The first-order valence-electron chi connectivity index (χ1n) is 10.1. The summed E-state index contributed by atoms with van der Waals surface area (Å²) in [4.78, 5) is 41.6. The van der Waals surface area contributed by atoms with Crippen molar-refractivity contribution in [2.24, 2.45) is 0 Å². The number of anilines is 1. The van der Waals surface area contributed by atoms with Gasteiger partial charge in [-0.3, -0.25) is 14.5 Å². The van der Waals surface area contributed by atoms with E-state index in [0.717, 1.165) is 19.4 Å². The molecule has 0 saturated carbocycles. The predicted molar refractivity (Wildman–Crippen MR) is 102 cm³/mol. The van der Waals surface area contributed by atoms with E-state index in [9.17, 15) is 14.0 Å². The van der Waals surface area contributed by atoms with E-state index in [4.69, 9.17) is 0 Å². The molecular formula is C19H27FN6O2. The third-order valence-corrected chi connectivity index (χ3v) is 5.90. The van der Waals surface area contributed by atoms with E-state index in [1.807, 2.05) is 9.80 Å². The fourth-order valence-electron chi connectivity index (χ4n) is 4.31. The lowest BCUT2D eigenvalue weighted by molar-refractivity contribution is -0.138. The lowest BCUT2D eigenvalue weighted by atomic mass is 10.2. The van der Waals surface area contributed by atoms with Crippen LogP contribution < -0.4 is 4.90 Å². The Morgan fingerprint density at radius 2 is 1.75 bits per heavy atom. The highest BCUT2D eigenvalue weighted by molar-refractivity contribution is 5.84. The highest BCUT2D eigenvalue weighted by Crippen LogP contribution is 2.22. The molecule has 152 valence electrons. The topological polar surface area (TPSA) is 72.9 Å². The Morgan fingerprint density at radius 3 is 2.43 bits per heavy atom. The molecule has 3 saturated heterocycles. The van der Waals surface area contributed by atoms with Crippen LogP contribution >= 0.6 is 0 Å². The number of piperazine rings is 1. The van der Waals surface area contributed by atoms with E-state index in [0.29, 0.717) is 45.1 Å². The number of carbonyl (C=O) groups excluding carboxylic acids is 2. The summed E-state index contributed by atoms with van der Waals surface area (Å²) in [5, 5.41) is 0.